The lowest BCUT2D eigenvalue weighted by Crippen LogP contribution is -2.20. The first-order valence-corrected chi connectivity index (χ1v) is 9.43. The van der Waals surface area contributed by atoms with E-state index in [9.17, 15) is 4.79 Å². The molecule has 7 nitrogen and oxygen atoms in total. The predicted molar refractivity (Wildman–Crippen MR) is 114 cm³/mol. The van der Waals surface area contributed by atoms with E-state index in [0.29, 0.717) is 39.8 Å². The maximum absolute atomic E-state index is 12.3. The molecule has 2 aromatic rings. The topological polar surface area (TPSA) is 75.3 Å². The molecule has 0 aromatic heterocycles. The number of ether oxygens (including phenoxy) is 5. The van der Waals surface area contributed by atoms with Crippen molar-refractivity contribution in [1.29, 1.82) is 0 Å². The lowest BCUT2D eigenvalue weighted by Gasteiger charge is -2.14. The zero-order valence-electron chi connectivity index (χ0n) is 17.0. The number of benzene rings is 2. The Hall–Kier alpha value is -2.87. The maximum Gasteiger partial charge on any atom is 0.244 e. The monoisotopic (exact) mass is 465 g/mol. The van der Waals surface area contributed by atoms with Crippen molar-refractivity contribution < 1.29 is 28.5 Å². The molecule has 0 radical (unpaired) electrons. The van der Waals surface area contributed by atoms with Crippen LogP contribution in [0.4, 0.5) is 0 Å². The van der Waals surface area contributed by atoms with Gasteiger partial charge in [0.05, 0.1) is 40.0 Å². The molecule has 0 bridgehead atoms. The first kappa shape index (κ1) is 22.4. The molecule has 8 heteroatoms. The van der Waals surface area contributed by atoms with E-state index in [1.165, 1.54) is 6.08 Å². The molecule has 0 aliphatic heterocycles. The Morgan fingerprint density at radius 3 is 2.00 bits per heavy atom. The lowest BCUT2D eigenvalue weighted by atomic mass is 10.1. The van der Waals surface area contributed by atoms with E-state index in [4.69, 9.17) is 23.7 Å². The molecule has 2 aromatic carbocycles. The summed E-state index contributed by atoms with van der Waals surface area (Å²) in [6.07, 6.45) is 3.14. The lowest BCUT2D eigenvalue weighted by molar-refractivity contribution is -0.116. The van der Waals surface area contributed by atoms with Crippen LogP contribution in [0.3, 0.4) is 0 Å². The summed E-state index contributed by atoms with van der Waals surface area (Å²) in [4.78, 5) is 12.3. The maximum atomic E-state index is 12.3. The molecule has 0 saturated carbocycles. The highest BCUT2D eigenvalue weighted by atomic mass is 79.9. The van der Waals surface area contributed by atoms with Gasteiger partial charge >= 0.3 is 0 Å². The molecule has 0 heterocycles. The van der Waals surface area contributed by atoms with Gasteiger partial charge in [-0.05, 0) is 57.4 Å². The van der Waals surface area contributed by atoms with Crippen molar-refractivity contribution in [3.8, 4) is 28.7 Å². The SMILES string of the molecule is COc1cc(CNC(=O)/C=C/c2ccc(OC)c(OC)c2Br)cc(OC)c1OC. The van der Waals surface area contributed by atoms with Crippen LogP contribution in [0.5, 0.6) is 28.7 Å². The molecule has 0 aliphatic rings. The Kier molecular flexibility index (Phi) is 8.21. The number of amides is 1. The van der Waals surface area contributed by atoms with Crippen LogP contribution in [0.1, 0.15) is 11.1 Å². The highest BCUT2D eigenvalue weighted by Gasteiger charge is 2.14. The average Bonchev–Trinajstić information content (AvgIpc) is 2.75. The van der Waals surface area contributed by atoms with Crippen LogP contribution < -0.4 is 29.0 Å². The summed E-state index contributed by atoms with van der Waals surface area (Å²) in [6, 6.07) is 7.18. The summed E-state index contributed by atoms with van der Waals surface area (Å²) in [6.45, 7) is 0.299. The van der Waals surface area contributed by atoms with Gasteiger partial charge in [-0.2, -0.15) is 0 Å². The van der Waals surface area contributed by atoms with E-state index in [1.807, 2.05) is 6.07 Å². The van der Waals surface area contributed by atoms with E-state index in [0.717, 1.165) is 11.1 Å². The predicted octanol–water partition coefficient (Wildman–Crippen LogP) is 3.82. The Morgan fingerprint density at radius 1 is 0.897 bits per heavy atom. The molecule has 0 atom stereocenters. The minimum Gasteiger partial charge on any atom is -0.493 e. The highest BCUT2D eigenvalue weighted by Crippen LogP contribution is 2.39. The summed E-state index contributed by atoms with van der Waals surface area (Å²) in [5.74, 6) is 2.47. The standard InChI is InChI=1S/C21H24BrNO6/c1-25-15-8-6-14(19(22)21(15)29-5)7-9-18(24)23-12-13-10-16(26-2)20(28-4)17(11-13)27-3/h6-11H,12H2,1-5H3,(H,23,24)/b9-7+. The van der Waals surface area contributed by atoms with Crippen LogP contribution in [-0.4, -0.2) is 41.5 Å². The van der Waals surface area contributed by atoms with Crippen LogP contribution in [0, 0.1) is 0 Å². The number of carbonyl (C=O) groups is 1. The number of halogens is 1. The molecule has 156 valence electrons. The van der Waals surface area contributed by atoms with Gasteiger partial charge in [0.25, 0.3) is 0 Å². The zero-order valence-corrected chi connectivity index (χ0v) is 18.6. The Balaban J connectivity index is 2.11. The summed E-state index contributed by atoms with van der Waals surface area (Å²) >= 11 is 3.48. The summed E-state index contributed by atoms with van der Waals surface area (Å²) in [7, 11) is 7.75. The fraction of sp³-hybridized carbons (Fsp3) is 0.286. The third kappa shape index (κ3) is 5.35. The number of hydrogen-bond acceptors (Lipinski definition) is 6. The van der Waals surface area contributed by atoms with E-state index in [-0.39, 0.29) is 5.91 Å². The van der Waals surface area contributed by atoms with Crippen molar-refractivity contribution in [2.45, 2.75) is 6.54 Å². The van der Waals surface area contributed by atoms with Gasteiger partial charge in [0.15, 0.2) is 23.0 Å². The molecule has 1 amide bonds. The largest absolute Gasteiger partial charge is 0.493 e. The zero-order chi connectivity index (χ0) is 21.4. The quantitative estimate of drug-likeness (QED) is 0.567. The molecule has 0 spiro atoms. The molecule has 0 fully saturated rings. The molecular weight excluding hydrogens is 442 g/mol. The second kappa shape index (κ2) is 10.6. The smallest absolute Gasteiger partial charge is 0.244 e. The fourth-order valence-electron chi connectivity index (χ4n) is 2.68. The molecule has 0 aliphatic carbocycles. The minimum atomic E-state index is -0.250. The van der Waals surface area contributed by atoms with Crippen molar-refractivity contribution in [3.63, 3.8) is 0 Å². The van der Waals surface area contributed by atoms with E-state index >= 15 is 0 Å². The van der Waals surface area contributed by atoms with Gasteiger partial charge in [-0.15, -0.1) is 0 Å². The van der Waals surface area contributed by atoms with Crippen LogP contribution in [0.25, 0.3) is 6.08 Å². The average molecular weight is 466 g/mol. The molecule has 0 unspecified atom stereocenters. The van der Waals surface area contributed by atoms with E-state index < -0.39 is 0 Å². The molecule has 2 rings (SSSR count). The summed E-state index contributed by atoms with van der Waals surface area (Å²) in [5.41, 5.74) is 1.60. The summed E-state index contributed by atoms with van der Waals surface area (Å²) in [5, 5.41) is 2.83. The number of carbonyl (C=O) groups excluding carboxylic acids is 1. The van der Waals surface area contributed by atoms with E-state index in [1.54, 1.807) is 59.8 Å². The third-order valence-corrected chi connectivity index (χ3v) is 4.94. The third-order valence-electron chi connectivity index (χ3n) is 4.12. The van der Waals surface area contributed by atoms with Crippen molar-refractivity contribution >= 4 is 27.9 Å². The first-order chi connectivity index (χ1) is 14.0. The second-order valence-corrected chi connectivity index (χ2v) is 6.58. The van der Waals surface area contributed by atoms with Gasteiger partial charge in [0, 0.05) is 12.6 Å². The Bertz CT molecular complexity index is 872. The summed E-state index contributed by atoms with van der Waals surface area (Å²) < 4.78 is 27.2. The van der Waals surface area contributed by atoms with E-state index in [2.05, 4.69) is 21.2 Å². The number of rotatable bonds is 9. The second-order valence-electron chi connectivity index (χ2n) is 5.79. The minimum absolute atomic E-state index is 0.250. The number of nitrogens with one attached hydrogen (secondary N) is 1. The van der Waals surface area contributed by atoms with Crippen LogP contribution >= 0.6 is 15.9 Å². The van der Waals surface area contributed by atoms with Crippen LogP contribution in [0.2, 0.25) is 0 Å². The van der Waals surface area contributed by atoms with Gasteiger partial charge in [-0.25, -0.2) is 0 Å². The van der Waals surface area contributed by atoms with Gasteiger partial charge in [-0.3, -0.25) is 4.79 Å². The van der Waals surface area contributed by atoms with Gasteiger partial charge in [0.1, 0.15) is 0 Å². The molecule has 1 N–H and O–H groups in total. The van der Waals surface area contributed by atoms with Crippen LogP contribution in [0.15, 0.2) is 34.8 Å². The normalized spacial score (nSPS) is 10.6. The van der Waals surface area contributed by atoms with Gasteiger partial charge in [-0.1, -0.05) is 0 Å². The fourth-order valence-corrected chi connectivity index (χ4v) is 3.31. The number of hydrogen-bond donors (Lipinski definition) is 1. The van der Waals surface area contributed by atoms with Crippen molar-refractivity contribution in [2.75, 3.05) is 35.5 Å². The number of methoxy groups -OCH3 is 5. The highest BCUT2D eigenvalue weighted by molar-refractivity contribution is 9.10. The van der Waals surface area contributed by atoms with Crippen LogP contribution in [-0.2, 0) is 11.3 Å². The molecular formula is C21H24BrNO6. The Morgan fingerprint density at radius 2 is 1.48 bits per heavy atom. The van der Waals surface area contributed by atoms with Gasteiger partial charge in [0.2, 0.25) is 11.7 Å². The Labute approximate surface area is 178 Å². The van der Waals surface area contributed by atoms with Crippen molar-refractivity contribution in [2.24, 2.45) is 0 Å². The molecule has 29 heavy (non-hydrogen) atoms. The van der Waals surface area contributed by atoms with Gasteiger partial charge < -0.3 is 29.0 Å². The van der Waals surface area contributed by atoms with Crippen molar-refractivity contribution in [3.05, 3.63) is 45.9 Å². The first-order valence-electron chi connectivity index (χ1n) is 8.64. The molecule has 0 saturated heterocycles. The van der Waals surface area contributed by atoms with Crippen molar-refractivity contribution in [1.82, 2.24) is 5.32 Å².